The smallest absolute Gasteiger partial charge is 0.295 e. The fourth-order valence-corrected chi connectivity index (χ4v) is 5.04. The van der Waals surface area contributed by atoms with Crippen molar-refractivity contribution in [2.45, 2.75) is 85.0 Å². The van der Waals surface area contributed by atoms with E-state index < -0.39 is 7.75 Å². The van der Waals surface area contributed by atoms with Crippen molar-refractivity contribution < 1.29 is 13.6 Å². The summed E-state index contributed by atoms with van der Waals surface area (Å²) < 4.78 is 25.4. The van der Waals surface area contributed by atoms with Crippen LogP contribution in [0.25, 0.3) is 0 Å². The summed E-state index contributed by atoms with van der Waals surface area (Å²) in [7, 11) is -0.414. The fourth-order valence-electron chi connectivity index (χ4n) is 2.68. The molecule has 0 radical (unpaired) electrons. The number of amidine groups is 1. The summed E-state index contributed by atoms with van der Waals surface area (Å²) in [4.78, 5) is 4.76. The number of hydrogen-bond donors (Lipinski definition) is 0. The number of aliphatic imine (C=N–C) groups is 1. The van der Waals surface area contributed by atoms with Crippen molar-refractivity contribution in [2.75, 3.05) is 33.1 Å². The van der Waals surface area contributed by atoms with Crippen LogP contribution in [0.1, 0.15) is 85.0 Å². The molecule has 0 aromatic heterocycles. The van der Waals surface area contributed by atoms with E-state index >= 15 is 0 Å². The summed E-state index contributed by atoms with van der Waals surface area (Å²) in [5.41, 5.74) is 0. The minimum atomic E-state index is -3.32. The Morgan fingerprint density at radius 2 is 1.42 bits per heavy atom. The molecular formula is C19H41N2O3PS. The third-order valence-corrected chi connectivity index (χ3v) is 7.17. The van der Waals surface area contributed by atoms with Crippen molar-refractivity contribution in [1.29, 1.82) is 0 Å². The van der Waals surface area contributed by atoms with Gasteiger partial charge in [-0.05, 0) is 18.6 Å². The maximum Gasteiger partial charge on any atom is 0.436 e. The van der Waals surface area contributed by atoms with Gasteiger partial charge in [0.15, 0.2) is 5.17 Å². The van der Waals surface area contributed by atoms with Crippen LogP contribution in [-0.2, 0) is 13.6 Å². The predicted molar refractivity (Wildman–Crippen MR) is 116 cm³/mol. The summed E-state index contributed by atoms with van der Waals surface area (Å²) in [6, 6.07) is 0. The number of nitrogens with zero attached hydrogens (tertiary/aromatic N) is 2. The van der Waals surface area contributed by atoms with Crippen LogP contribution >= 0.6 is 19.5 Å². The van der Waals surface area contributed by atoms with Crippen LogP contribution in [0.2, 0.25) is 0 Å². The molecule has 0 heterocycles. The van der Waals surface area contributed by atoms with Gasteiger partial charge < -0.3 is 0 Å². The lowest BCUT2D eigenvalue weighted by molar-refractivity contribution is 0.236. The molecule has 0 aliphatic carbocycles. The largest absolute Gasteiger partial charge is 0.436 e. The standard InChI is InChI=1S/C19H41N2O3PS/c1-6-9-11-13-15-17-20-19(26-8-3)21(25(22,23-4)24-5)18-16-14-12-10-7-2/h6-18H2,1-5H3. The second-order valence-electron chi connectivity index (χ2n) is 6.38. The molecule has 26 heavy (non-hydrogen) atoms. The topological polar surface area (TPSA) is 51.1 Å². The first-order chi connectivity index (χ1) is 12.6. The first kappa shape index (κ1) is 26.0. The van der Waals surface area contributed by atoms with Gasteiger partial charge >= 0.3 is 7.75 Å². The highest BCUT2D eigenvalue weighted by Gasteiger charge is 2.33. The summed E-state index contributed by atoms with van der Waals surface area (Å²) >= 11 is 1.62. The van der Waals surface area contributed by atoms with Gasteiger partial charge in [-0.15, -0.1) is 0 Å². The van der Waals surface area contributed by atoms with Gasteiger partial charge in [-0.2, -0.15) is 0 Å². The number of thioether (sulfide) groups is 1. The van der Waals surface area contributed by atoms with Crippen molar-refractivity contribution in [3.63, 3.8) is 0 Å². The molecule has 0 bridgehead atoms. The third-order valence-electron chi connectivity index (χ3n) is 4.23. The number of hydrogen-bond acceptors (Lipinski definition) is 5. The quantitative estimate of drug-likeness (QED) is 0.122. The normalized spacial score (nSPS) is 12.6. The molecule has 0 aromatic carbocycles. The fraction of sp³-hybridized carbons (Fsp3) is 0.947. The molecule has 0 aliphatic heterocycles. The van der Waals surface area contributed by atoms with Crippen LogP contribution in [0, 0.1) is 0 Å². The van der Waals surface area contributed by atoms with Gasteiger partial charge in [-0.25, -0.2) is 4.57 Å². The van der Waals surface area contributed by atoms with Gasteiger partial charge in [-0.3, -0.25) is 18.7 Å². The highest BCUT2D eigenvalue weighted by molar-refractivity contribution is 8.14. The lowest BCUT2D eigenvalue weighted by Crippen LogP contribution is -2.29. The van der Waals surface area contributed by atoms with E-state index in [1.54, 1.807) is 16.4 Å². The molecule has 0 rings (SSSR count). The van der Waals surface area contributed by atoms with Gasteiger partial charge in [0.25, 0.3) is 0 Å². The Bertz CT molecular complexity index is 400. The van der Waals surface area contributed by atoms with E-state index in [0.717, 1.165) is 36.7 Å². The Morgan fingerprint density at radius 3 is 1.92 bits per heavy atom. The van der Waals surface area contributed by atoms with Crippen LogP contribution < -0.4 is 0 Å². The first-order valence-electron chi connectivity index (χ1n) is 10.3. The SMILES string of the molecule is CCCCCCCN=C(SCC)N(CCCCCCC)P(=O)(OC)OC. The Labute approximate surface area is 166 Å². The second-order valence-corrected chi connectivity index (χ2v) is 9.76. The lowest BCUT2D eigenvalue weighted by atomic mass is 10.1. The van der Waals surface area contributed by atoms with Crippen molar-refractivity contribution >= 4 is 24.7 Å². The molecule has 0 unspecified atom stereocenters. The monoisotopic (exact) mass is 408 g/mol. The Kier molecular flexibility index (Phi) is 17.1. The highest BCUT2D eigenvalue weighted by atomic mass is 32.2. The molecular weight excluding hydrogens is 367 g/mol. The summed E-state index contributed by atoms with van der Waals surface area (Å²) in [6.45, 7) is 7.95. The summed E-state index contributed by atoms with van der Waals surface area (Å²) in [5.74, 6) is 0.883. The van der Waals surface area contributed by atoms with Gasteiger partial charge in [-0.1, -0.05) is 83.9 Å². The Hall–Kier alpha value is -0.0300. The minimum absolute atomic E-state index is 0.657. The van der Waals surface area contributed by atoms with Crippen molar-refractivity contribution in [3.8, 4) is 0 Å². The zero-order valence-corrected chi connectivity index (χ0v) is 19.4. The maximum absolute atomic E-state index is 13.0. The van der Waals surface area contributed by atoms with Crippen LogP contribution in [0.4, 0.5) is 0 Å². The van der Waals surface area contributed by atoms with E-state index in [2.05, 4.69) is 20.8 Å². The van der Waals surface area contributed by atoms with Crippen molar-refractivity contribution in [3.05, 3.63) is 0 Å². The van der Waals surface area contributed by atoms with E-state index in [-0.39, 0.29) is 0 Å². The van der Waals surface area contributed by atoms with E-state index in [4.69, 9.17) is 14.0 Å². The maximum atomic E-state index is 13.0. The number of rotatable bonds is 16. The van der Waals surface area contributed by atoms with E-state index in [9.17, 15) is 4.57 Å². The molecule has 0 amide bonds. The molecule has 0 saturated heterocycles. The van der Waals surface area contributed by atoms with Gasteiger partial charge in [0.2, 0.25) is 0 Å². The van der Waals surface area contributed by atoms with Crippen LogP contribution in [0.3, 0.4) is 0 Å². The molecule has 0 atom stereocenters. The average molecular weight is 409 g/mol. The van der Waals surface area contributed by atoms with Crippen molar-refractivity contribution in [1.82, 2.24) is 4.67 Å². The minimum Gasteiger partial charge on any atom is -0.295 e. The summed E-state index contributed by atoms with van der Waals surface area (Å²) in [6.07, 6.45) is 11.8. The van der Waals surface area contributed by atoms with Gasteiger partial charge in [0.1, 0.15) is 0 Å². The molecule has 0 aliphatic rings. The van der Waals surface area contributed by atoms with Crippen LogP contribution in [0.15, 0.2) is 4.99 Å². The molecule has 0 aromatic rings. The van der Waals surface area contributed by atoms with Gasteiger partial charge in [0, 0.05) is 27.3 Å². The molecule has 0 saturated carbocycles. The third kappa shape index (κ3) is 11.0. The molecule has 156 valence electrons. The molecule has 0 spiro atoms. The molecule has 5 nitrogen and oxygen atoms in total. The first-order valence-corrected chi connectivity index (χ1v) is 12.7. The molecule has 7 heteroatoms. The molecule has 0 fully saturated rings. The lowest BCUT2D eigenvalue weighted by Gasteiger charge is -2.30. The van der Waals surface area contributed by atoms with Gasteiger partial charge in [0.05, 0.1) is 0 Å². The Morgan fingerprint density at radius 1 is 0.885 bits per heavy atom. The Balaban J connectivity index is 4.94. The zero-order chi connectivity index (χ0) is 19.7. The zero-order valence-electron chi connectivity index (χ0n) is 17.7. The van der Waals surface area contributed by atoms with E-state index in [1.165, 1.54) is 59.2 Å². The van der Waals surface area contributed by atoms with Crippen LogP contribution in [0.5, 0.6) is 0 Å². The molecule has 0 N–H and O–H groups in total. The second kappa shape index (κ2) is 17.1. The van der Waals surface area contributed by atoms with E-state index in [0.29, 0.717) is 6.54 Å². The van der Waals surface area contributed by atoms with Crippen molar-refractivity contribution in [2.24, 2.45) is 4.99 Å². The predicted octanol–water partition coefficient (Wildman–Crippen LogP) is 6.74. The summed E-state index contributed by atoms with van der Waals surface area (Å²) in [5, 5.41) is 0.797. The highest BCUT2D eigenvalue weighted by Crippen LogP contribution is 2.52. The van der Waals surface area contributed by atoms with E-state index in [1.807, 2.05) is 0 Å². The van der Waals surface area contributed by atoms with Crippen LogP contribution in [-0.4, -0.2) is 42.9 Å². The average Bonchev–Trinajstić information content (AvgIpc) is 2.66. The number of unbranched alkanes of at least 4 members (excludes halogenated alkanes) is 8.